The number of nitro groups is 1. The molecule has 0 saturated carbocycles. The first-order chi connectivity index (χ1) is 10.1. The van der Waals surface area contributed by atoms with Crippen LogP contribution in [0.25, 0.3) is 21.9 Å². The van der Waals surface area contributed by atoms with E-state index in [9.17, 15) is 10.1 Å². The highest BCUT2D eigenvalue weighted by atomic mass is 79.9. The van der Waals surface area contributed by atoms with Gasteiger partial charge in [-0.15, -0.1) is 0 Å². The Morgan fingerprint density at radius 3 is 2.19 bits per heavy atom. The van der Waals surface area contributed by atoms with Gasteiger partial charge in [0.1, 0.15) is 0 Å². The van der Waals surface area contributed by atoms with Crippen molar-refractivity contribution in [2.24, 2.45) is 0 Å². The minimum atomic E-state index is -0.350. The predicted molar refractivity (Wildman–Crippen MR) is 91.4 cm³/mol. The van der Waals surface area contributed by atoms with Gasteiger partial charge in [0.15, 0.2) is 0 Å². The summed E-state index contributed by atoms with van der Waals surface area (Å²) in [6.45, 7) is 0. The van der Waals surface area contributed by atoms with Crippen molar-refractivity contribution in [3.63, 3.8) is 0 Å². The maximum absolute atomic E-state index is 11.3. The van der Waals surface area contributed by atoms with E-state index >= 15 is 0 Å². The van der Waals surface area contributed by atoms with Crippen LogP contribution in [0.5, 0.6) is 0 Å². The molecule has 3 aromatic rings. The lowest BCUT2D eigenvalue weighted by Crippen LogP contribution is -1.93. The Kier molecular flexibility index (Phi) is 3.78. The van der Waals surface area contributed by atoms with E-state index in [2.05, 4.69) is 31.9 Å². The molecule has 0 unspecified atom stereocenters. The highest BCUT2D eigenvalue weighted by Gasteiger charge is 2.19. The molecule has 0 atom stereocenters. The summed E-state index contributed by atoms with van der Waals surface area (Å²) in [4.78, 5) is 11.0. The molecule has 3 rings (SSSR count). The third kappa shape index (κ3) is 2.47. The van der Waals surface area contributed by atoms with Gasteiger partial charge in [-0.3, -0.25) is 10.1 Å². The molecule has 0 N–H and O–H groups in total. The Hall–Kier alpha value is -1.72. The molecular formula is C16H9Br2NO2. The molecule has 0 aliphatic rings. The van der Waals surface area contributed by atoms with E-state index in [4.69, 9.17) is 0 Å². The average Bonchev–Trinajstić information content (AvgIpc) is 2.47. The molecule has 0 aliphatic carbocycles. The Morgan fingerprint density at radius 2 is 1.43 bits per heavy atom. The average molecular weight is 407 g/mol. The Balaban J connectivity index is 2.42. The Bertz CT molecular complexity index is 862. The van der Waals surface area contributed by atoms with Crippen molar-refractivity contribution < 1.29 is 4.92 Å². The van der Waals surface area contributed by atoms with Crippen LogP contribution in [-0.2, 0) is 0 Å². The second-order valence-electron chi connectivity index (χ2n) is 4.53. The summed E-state index contributed by atoms with van der Waals surface area (Å²) in [6, 6.07) is 16.7. The molecule has 0 amide bonds. The summed E-state index contributed by atoms with van der Waals surface area (Å²) in [5, 5.41) is 13.3. The SMILES string of the molecule is O=[N+]([O-])c1cccc(Br)c1-c1cccc2c(Br)cccc12. The lowest BCUT2D eigenvalue weighted by molar-refractivity contribution is -0.384. The quantitative estimate of drug-likeness (QED) is 0.390. The van der Waals surface area contributed by atoms with Crippen molar-refractivity contribution >= 4 is 48.3 Å². The van der Waals surface area contributed by atoms with E-state index < -0.39 is 0 Å². The van der Waals surface area contributed by atoms with E-state index in [1.165, 1.54) is 6.07 Å². The highest BCUT2D eigenvalue weighted by Crippen LogP contribution is 2.40. The number of halogens is 2. The summed E-state index contributed by atoms with van der Waals surface area (Å²) in [5.41, 5.74) is 1.54. The third-order valence-corrected chi connectivity index (χ3v) is 4.68. The van der Waals surface area contributed by atoms with Gasteiger partial charge in [0.2, 0.25) is 0 Å². The van der Waals surface area contributed by atoms with Crippen molar-refractivity contribution in [1.82, 2.24) is 0 Å². The predicted octanol–water partition coefficient (Wildman–Crippen LogP) is 5.94. The fourth-order valence-corrected chi connectivity index (χ4v) is 3.49. The fourth-order valence-electron chi connectivity index (χ4n) is 2.42. The smallest absolute Gasteiger partial charge is 0.258 e. The standard InChI is InChI=1S/C16H9Br2NO2/c17-13-7-2-4-10-11(13)5-1-6-12(10)16-14(18)8-3-9-15(16)19(20)21/h1-9H. The molecule has 5 heteroatoms. The Morgan fingerprint density at radius 1 is 0.810 bits per heavy atom. The topological polar surface area (TPSA) is 43.1 Å². The van der Waals surface area contributed by atoms with Crippen LogP contribution in [0.1, 0.15) is 0 Å². The van der Waals surface area contributed by atoms with Crippen LogP contribution in [0.2, 0.25) is 0 Å². The number of rotatable bonds is 2. The van der Waals surface area contributed by atoms with Crippen LogP contribution >= 0.6 is 31.9 Å². The van der Waals surface area contributed by atoms with E-state index in [1.807, 2.05) is 42.5 Å². The van der Waals surface area contributed by atoms with Gasteiger partial charge >= 0.3 is 0 Å². The molecule has 3 aromatic carbocycles. The van der Waals surface area contributed by atoms with Crippen LogP contribution in [0.15, 0.2) is 63.5 Å². The van der Waals surface area contributed by atoms with Gasteiger partial charge in [-0.2, -0.15) is 0 Å². The van der Waals surface area contributed by atoms with Gasteiger partial charge in [0, 0.05) is 15.0 Å². The van der Waals surface area contributed by atoms with Gasteiger partial charge < -0.3 is 0 Å². The van der Waals surface area contributed by atoms with E-state index in [-0.39, 0.29) is 10.6 Å². The molecule has 0 bridgehead atoms. The summed E-state index contributed by atoms with van der Waals surface area (Å²) in [7, 11) is 0. The van der Waals surface area contributed by atoms with Crippen molar-refractivity contribution in [1.29, 1.82) is 0 Å². The van der Waals surface area contributed by atoms with Crippen LogP contribution in [0.4, 0.5) is 5.69 Å². The normalized spacial score (nSPS) is 10.8. The zero-order valence-corrected chi connectivity index (χ0v) is 13.9. The van der Waals surface area contributed by atoms with Gasteiger partial charge in [0.05, 0.1) is 10.5 Å². The minimum absolute atomic E-state index is 0.0943. The number of hydrogen-bond acceptors (Lipinski definition) is 2. The van der Waals surface area contributed by atoms with Crippen LogP contribution in [-0.4, -0.2) is 4.92 Å². The second kappa shape index (κ2) is 5.58. The first kappa shape index (κ1) is 14.2. The van der Waals surface area contributed by atoms with Crippen LogP contribution in [0, 0.1) is 10.1 Å². The maximum atomic E-state index is 11.3. The summed E-state index contributed by atoms with van der Waals surface area (Å²) in [5.74, 6) is 0. The first-order valence-electron chi connectivity index (χ1n) is 6.20. The Labute approximate surface area is 138 Å². The molecule has 0 heterocycles. The van der Waals surface area contributed by atoms with Crippen LogP contribution in [0.3, 0.4) is 0 Å². The van der Waals surface area contributed by atoms with E-state index in [0.29, 0.717) is 10.0 Å². The van der Waals surface area contributed by atoms with Crippen molar-refractivity contribution in [3.8, 4) is 11.1 Å². The molecule has 0 saturated heterocycles. The summed E-state index contributed by atoms with van der Waals surface area (Å²) < 4.78 is 1.68. The zero-order chi connectivity index (χ0) is 15.0. The minimum Gasteiger partial charge on any atom is -0.258 e. The lowest BCUT2D eigenvalue weighted by Gasteiger charge is -2.10. The number of benzene rings is 3. The molecule has 0 aliphatic heterocycles. The van der Waals surface area contributed by atoms with Gasteiger partial charge in [-0.1, -0.05) is 52.3 Å². The van der Waals surface area contributed by atoms with Crippen LogP contribution < -0.4 is 0 Å². The second-order valence-corrected chi connectivity index (χ2v) is 6.24. The van der Waals surface area contributed by atoms with Crippen molar-refractivity contribution in [2.45, 2.75) is 0 Å². The molecule has 0 radical (unpaired) electrons. The number of hydrogen-bond donors (Lipinski definition) is 0. The molecule has 104 valence electrons. The highest BCUT2D eigenvalue weighted by molar-refractivity contribution is 9.11. The molecule has 0 aromatic heterocycles. The molecule has 0 fully saturated rings. The lowest BCUT2D eigenvalue weighted by atomic mass is 9.97. The summed E-state index contributed by atoms with van der Waals surface area (Å²) in [6.07, 6.45) is 0. The largest absolute Gasteiger partial charge is 0.278 e. The van der Waals surface area contributed by atoms with Crippen molar-refractivity contribution in [3.05, 3.63) is 73.7 Å². The van der Waals surface area contributed by atoms with Gasteiger partial charge in [-0.05, 0) is 44.4 Å². The van der Waals surface area contributed by atoms with Gasteiger partial charge in [-0.25, -0.2) is 0 Å². The molecule has 21 heavy (non-hydrogen) atoms. The monoisotopic (exact) mass is 405 g/mol. The fraction of sp³-hybridized carbons (Fsp3) is 0. The number of nitro benzene ring substituents is 1. The van der Waals surface area contributed by atoms with E-state index in [1.54, 1.807) is 6.07 Å². The zero-order valence-electron chi connectivity index (χ0n) is 10.7. The number of nitrogens with zero attached hydrogens (tertiary/aromatic N) is 1. The van der Waals surface area contributed by atoms with Gasteiger partial charge in [0.25, 0.3) is 5.69 Å². The first-order valence-corrected chi connectivity index (χ1v) is 7.78. The molecule has 0 spiro atoms. The maximum Gasteiger partial charge on any atom is 0.278 e. The molecular weight excluding hydrogens is 398 g/mol. The third-order valence-electron chi connectivity index (χ3n) is 3.33. The summed E-state index contributed by atoms with van der Waals surface area (Å²) >= 11 is 6.96. The number of fused-ring (bicyclic) bond motifs is 1. The van der Waals surface area contributed by atoms with E-state index in [0.717, 1.165) is 20.8 Å². The van der Waals surface area contributed by atoms with Crippen molar-refractivity contribution in [2.75, 3.05) is 0 Å². The molecule has 3 nitrogen and oxygen atoms in total.